The first-order chi connectivity index (χ1) is 9.38. The highest BCUT2D eigenvalue weighted by atomic mass is 16.2. The third-order valence-electron chi connectivity index (χ3n) is 3.31. The van der Waals surface area contributed by atoms with Crippen molar-refractivity contribution in [3.63, 3.8) is 0 Å². The van der Waals surface area contributed by atoms with E-state index in [4.69, 9.17) is 5.73 Å². The molecule has 1 saturated carbocycles. The highest BCUT2D eigenvalue weighted by molar-refractivity contribution is 5.94. The lowest BCUT2D eigenvalue weighted by Crippen LogP contribution is -2.42. The fourth-order valence-electron chi connectivity index (χ4n) is 1.54. The van der Waals surface area contributed by atoms with Crippen LogP contribution in [0.3, 0.4) is 0 Å². The Hall–Kier alpha value is -2.11. The summed E-state index contributed by atoms with van der Waals surface area (Å²) in [5.74, 6) is 0.0752. The Morgan fingerprint density at radius 1 is 1.40 bits per heavy atom. The first kappa shape index (κ1) is 14.3. The molecule has 1 fully saturated rings. The summed E-state index contributed by atoms with van der Waals surface area (Å²) in [6.07, 6.45) is 3.87. The molecular weight excluding hydrogens is 256 g/mol. The minimum Gasteiger partial charge on any atom is -0.369 e. The lowest BCUT2D eigenvalue weighted by Gasteiger charge is -2.20. The fourth-order valence-corrected chi connectivity index (χ4v) is 1.54. The van der Waals surface area contributed by atoms with Crippen LogP contribution in [-0.2, 0) is 4.79 Å². The van der Waals surface area contributed by atoms with Crippen LogP contribution in [0.4, 0.5) is 5.82 Å². The van der Waals surface area contributed by atoms with Gasteiger partial charge in [-0.1, -0.05) is 0 Å². The average molecular weight is 276 g/mol. The maximum atomic E-state index is 11.9. The number of nitrogens with one attached hydrogen (secondary N) is 2. The molecule has 1 aliphatic carbocycles. The van der Waals surface area contributed by atoms with Crippen LogP contribution in [-0.4, -0.2) is 29.4 Å². The molecule has 0 bridgehead atoms. The predicted octanol–water partition coefficient (Wildman–Crippen LogP) is 0.897. The number of hydrogen-bond donors (Lipinski definition) is 3. The fraction of sp³-hybridized carbons (Fsp3) is 0.500. The molecule has 2 rings (SSSR count). The summed E-state index contributed by atoms with van der Waals surface area (Å²) in [4.78, 5) is 27.3. The van der Waals surface area contributed by atoms with Crippen LogP contribution in [0.15, 0.2) is 18.3 Å². The molecule has 1 heterocycles. The van der Waals surface area contributed by atoms with Crippen LogP contribution in [0.2, 0.25) is 0 Å². The molecule has 6 nitrogen and oxygen atoms in total. The van der Waals surface area contributed by atoms with Crippen LogP contribution in [0.5, 0.6) is 0 Å². The highest BCUT2D eigenvalue weighted by Crippen LogP contribution is 2.23. The molecule has 0 radical (unpaired) electrons. The number of nitrogens with two attached hydrogens (primary N) is 1. The van der Waals surface area contributed by atoms with Gasteiger partial charge in [0.2, 0.25) is 5.91 Å². The number of pyridine rings is 1. The van der Waals surface area contributed by atoms with Crippen LogP contribution in [0.25, 0.3) is 0 Å². The summed E-state index contributed by atoms with van der Waals surface area (Å²) in [5, 5.41) is 5.94. The number of anilines is 1. The Bertz CT molecular complexity index is 506. The summed E-state index contributed by atoms with van der Waals surface area (Å²) in [6.45, 7) is 3.58. The summed E-state index contributed by atoms with van der Waals surface area (Å²) in [7, 11) is 0. The highest BCUT2D eigenvalue weighted by Gasteiger charge is 2.25. The van der Waals surface area contributed by atoms with Crippen LogP contribution in [0, 0.1) is 5.41 Å². The largest absolute Gasteiger partial charge is 0.369 e. The second-order valence-electron chi connectivity index (χ2n) is 5.78. The zero-order valence-corrected chi connectivity index (χ0v) is 11.8. The number of carbonyl (C=O) groups excluding carboxylic acids is 2. The van der Waals surface area contributed by atoms with E-state index in [1.54, 1.807) is 26.0 Å². The van der Waals surface area contributed by atoms with Crippen molar-refractivity contribution >= 4 is 17.6 Å². The van der Waals surface area contributed by atoms with Crippen LogP contribution >= 0.6 is 0 Å². The molecule has 0 unspecified atom stereocenters. The number of carbonyl (C=O) groups is 2. The van der Waals surface area contributed by atoms with E-state index < -0.39 is 11.3 Å². The van der Waals surface area contributed by atoms with Gasteiger partial charge in [0.1, 0.15) is 5.82 Å². The zero-order valence-electron chi connectivity index (χ0n) is 11.8. The smallest absolute Gasteiger partial charge is 0.252 e. The number of nitrogens with zero attached hydrogens (tertiary/aromatic N) is 1. The van der Waals surface area contributed by atoms with Crippen molar-refractivity contribution in [1.82, 2.24) is 10.3 Å². The predicted molar refractivity (Wildman–Crippen MR) is 76.2 cm³/mol. The summed E-state index contributed by atoms with van der Waals surface area (Å²) >= 11 is 0. The van der Waals surface area contributed by atoms with Gasteiger partial charge >= 0.3 is 0 Å². The quantitative estimate of drug-likeness (QED) is 0.719. The number of rotatable bonds is 6. The Morgan fingerprint density at radius 2 is 2.10 bits per heavy atom. The summed E-state index contributed by atoms with van der Waals surface area (Å²) in [5.41, 5.74) is 4.95. The SMILES string of the molecule is CC(C)(CNC(=O)c1ccc(NC2CC2)nc1)C(N)=O. The third-order valence-corrected chi connectivity index (χ3v) is 3.31. The van der Waals surface area contributed by atoms with E-state index in [9.17, 15) is 9.59 Å². The van der Waals surface area contributed by atoms with Crippen molar-refractivity contribution in [2.45, 2.75) is 32.7 Å². The molecule has 1 aromatic rings. The van der Waals surface area contributed by atoms with Gasteiger partial charge in [0, 0.05) is 18.8 Å². The van der Waals surface area contributed by atoms with Crippen LogP contribution < -0.4 is 16.4 Å². The van der Waals surface area contributed by atoms with E-state index in [0.717, 1.165) is 5.82 Å². The number of primary amides is 1. The summed E-state index contributed by atoms with van der Waals surface area (Å²) < 4.78 is 0. The maximum Gasteiger partial charge on any atom is 0.252 e. The van der Waals surface area contributed by atoms with Crippen molar-refractivity contribution in [1.29, 1.82) is 0 Å². The van der Waals surface area contributed by atoms with Crippen molar-refractivity contribution in [2.75, 3.05) is 11.9 Å². The minimum absolute atomic E-state index is 0.198. The van der Waals surface area contributed by atoms with Crippen molar-refractivity contribution < 1.29 is 9.59 Å². The van der Waals surface area contributed by atoms with Gasteiger partial charge in [0.15, 0.2) is 0 Å². The van der Waals surface area contributed by atoms with Gasteiger partial charge in [0.05, 0.1) is 11.0 Å². The van der Waals surface area contributed by atoms with E-state index in [1.807, 2.05) is 0 Å². The lowest BCUT2D eigenvalue weighted by molar-refractivity contribution is -0.125. The number of amides is 2. The van der Waals surface area contributed by atoms with Gasteiger partial charge in [-0.15, -0.1) is 0 Å². The molecule has 0 aromatic carbocycles. The summed E-state index contributed by atoms with van der Waals surface area (Å²) in [6, 6.07) is 4.02. The van der Waals surface area contributed by atoms with E-state index in [-0.39, 0.29) is 12.5 Å². The second kappa shape index (κ2) is 5.48. The molecule has 0 atom stereocenters. The second-order valence-corrected chi connectivity index (χ2v) is 5.78. The number of aromatic nitrogens is 1. The number of hydrogen-bond acceptors (Lipinski definition) is 4. The van der Waals surface area contributed by atoms with Gasteiger partial charge in [-0.3, -0.25) is 9.59 Å². The zero-order chi connectivity index (χ0) is 14.8. The Labute approximate surface area is 118 Å². The Kier molecular flexibility index (Phi) is 3.92. The molecule has 1 aliphatic rings. The molecule has 0 saturated heterocycles. The molecule has 108 valence electrons. The standard InChI is InChI=1S/C14H20N4O2/c1-14(2,13(15)20)8-17-12(19)9-3-6-11(16-7-9)18-10-4-5-10/h3,6-7,10H,4-5,8H2,1-2H3,(H2,15,20)(H,16,18)(H,17,19). The topological polar surface area (TPSA) is 97.1 Å². The molecule has 0 aliphatic heterocycles. The molecule has 2 amide bonds. The first-order valence-electron chi connectivity index (χ1n) is 6.69. The van der Waals surface area contributed by atoms with Gasteiger partial charge in [-0.25, -0.2) is 4.98 Å². The Balaban J connectivity index is 1.90. The van der Waals surface area contributed by atoms with Gasteiger partial charge < -0.3 is 16.4 Å². The van der Waals surface area contributed by atoms with Gasteiger partial charge in [-0.05, 0) is 38.8 Å². The van der Waals surface area contributed by atoms with E-state index in [2.05, 4.69) is 15.6 Å². The molecule has 4 N–H and O–H groups in total. The van der Waals surface area contributed by atoms with Crippen molar-refractivity contribution in [3.8, 4) is 0 Å². The maximum absolute atomic E-state index is 11.9. The van der Waals surface area contributed by atoms with Crippen LogP contribution in [0.1, 0.15) is 37.0 Å². The molecule has 6 heteroatoms. The molecule has 1 aromatic heterocycles. The monoisotopic (exact) mass is 276 g/mol. The van der Waals surface area contributed by atoms with E-state index >= 15 is 0 Å². The first-order valence-corrected chi connectivity index (χ1v) is 6.69. The van der Waals surface area contributed by atoms with Crippen molar-refractivity contribution in [2.24, 2.45) is 11.1 Å². The van der Waals surface area contributed by atoms with E-state index in [0.29, 0.717) is 11.6 Å². The molecular formula is C14H20N4O2. The van der Waals surface area contributed by atoms with Crippen molar-refractivity contribution in [3.05, 3.63) is 23.9 Å². The minimum atomic E-state index is -0.767. The molecule has 0 spiro atoms. The Morgan fingerprint density at radius 3 is 2.60 bits per heavy atom. The molecule has 20 heavy (non-hydrogen) atoms. The van der Waals surface area contributed by atoms with Gasteiger partial charge in [0.25, 0.3) is 5.91 Å². The van der Waals surface area contributed by atoms with E-state index in [1.165, 1.54) is 19.0 Å². The lowest BCUT2D eigenvalue weighted by atomic mass is 9.93. The average Bonchev–Trinajstić information content (AvgIpc) is 3.21. The normalized spacial score (nSPS) is 14.7. The van der Waals surface area contributed by atoms with Gasteiger partial charge in [-0.2, -0.15) is 0 Å². The third kappa shape index (κ3) is 3.69.